The molecule has 0 saturated carbocycles. The number of carbonyl (C=O) groups excluding carboxylic acids is 2. The normalized spacial score (nSPS) is 10.4. The molecule has 0 N–H and O–H groups in total. The first-order valence-corrected chi connectivity index (χ1v) is 7.00. The zero-order chi connectivity index (χ0) is 16.8. The molecule has 0 fully saturated rings. The van der Waals surface area contributed by atoms with E-state index in [1.54, 1.807) is 31.4 Å². The van der Waals surface area contributed by atoms with Gasteiger partial charge in [-0.15, -0.1) is 0 Å². The van der Waals surface area contributed by atoms with E-state index in [0.29, 0.717) is 11.1 Å². The largest absolute Gasteiger partial charge is 0.465 e. The van der Waals surface area contributed by atoms with Crippen LogP contribution in [0, 0.1) is 0 Å². The number of rotatable bonds is 5. The van der Waals surface area contributed by atoms with E-state index in [1.165, 1.54) is 14.2 Å². The number of hydrogen-bond donors (Lipinski definition) is 0. The summed E-state index contributed by atoms with van der Waals surface area (Å²) in [5.74, 6) is -0.763. The highest BCUT2D eigenvalue weighted by Gasteiger charge is 2.15. The van der Waals surface area contributed by atoms with Crippen LogP contribution in [0.4, 0.5) is 0 Å². The molecule has 0 aliphatic rings. The molecule has 2 aromatic rings. The summed E-state index contributed by atoms with van der Waals surface area (Å²) in [6.07, 6.45) is -0.298. The molecule has 0 unspecified atom stereocenters. The van der Waals surface area contributed by atoms with E-state index >= 15 is 0 Å². The first kappa shape index (κ1) is 16.7. The summed E-state index contributed by atoms with van der Waals surface area (Å²) in [6.45, 7) is 0. The lowest BCUT2D eigenvalue weighted by molar-refractivity contribution is 0.0592. The van der Waals surface area contributed by atoms with Gasteiger partial charge in [-0.25, -0.2) is 9.59 Å². The molecule has 2 rings (SSSR count). The van der Waals surface area contributed by atoms with E-state index in [4.69, 9.17) is 4.74 Å². The van der Waals surface area contributed by atoms with Crippen molar-refractivity contribution in [2.45, 2.75) is 6.10 Å². The van der Waals surface area contributed by atoms with Gasteiger partial charge in [-0.3, -0.25) is 0 Å². The van der Waals surface area contributed by atoms with E-state index in [1.807, 2.05) is 24.3 Å². The van der Waals surface area contributed by atoms with Gasteiger partial charge in [0.2, 0.25) is 0 Å². The molecule has 0 spiro atoms. The predicted molar refractivity (Wildman–Crippen MR) is 84.4 cm³/mol. The summed E-state index contributed by atoms with van der Waals surface area (Å²) >= 11 is 0. The Balaban J connectivity index is 2.25. The highest BCUT2D eigenvalue weighted by atomic mass is 16.5. The van der Waals surface area contributed by atoms with Crippen LogP contribution in [0.25, 0.3) is 0 Å². The van der Waals surface area contributed by atoms with Gasteiger partial charge >= 0.3 is 11.9 Å². The first-order chi connectivity index (χ1) is 11.1. The van der Waals surface area contributed by atoms with Gasteiger partial charge in [0, 0.05) is 7.11 Å². The SMILES string of the molecule is COC(=O)c1ccc(C(OC)c2ccc(C(=O)OC)cc2)cc1. The lowest BCUT2D eigenvalue weighted by atomic mass is 9.99. The third kappa shape index (κ3) is 3.76. The third-order valence-electron chi connectivity index (χ3n) is 3.50. The summed E-state index contributed by atoms with van der Waals surface area (Å²) in [6, 6.07) is 14.0. The Morgan fingerprint density at radius 1 is 0.696 bits per heavy atom. The topological polar surface area (TPSA) is 61.8 Å². The first-order valence-electron chi connectivity index (χ1n) is 7.00. The quantitative estimate of drug-likeness (QED) is 0.794. The zero-order valence-electron chi connectivity index (χ0n) is 13.2. The van der Waals surface area contributed by atoms with Crippen molar-refractivity contribution in [1.29, 1.82) is 0 Å². The van der Waals surface area contributed by atoms with Crippen molar-refractivity contribution < 1.29 is 23.8 Å². The highest BCUT2D eigenvalue weighted by Crippen LogP contribution is 2.26. The molecule has 0 bridgehead atoms. The number of carbonyl (C=O) groups is 2. The monoisotopic (exact) mass is 314 g/mol. The fraction of sp³-hybridized carbons (Fsp3) is 0.222. The standard InChI is InChI=1S/C18H18O5/c1-21-16(12-4-8-14(9-5-12)17(19)22-2)13-6-10-15(11-7-13)18(20)23-3/h4-11,16H,1-3H3. The minimum absolute atomic E-state index is 0.298. The second kappa shape index (κ2) is 7.56. The molecule has 0 radical (unpaired) electrons. The summed E-state index contributed by atoms with van der Waals surface area (Å²) in [5.41, 5.74) is 2.75. The van der Waals surface area contributed by atoms with Crippen LogP contribution < -0.4 is 0 Å². The van der Waals surface area contributed by atoms with Crippen LogP contribution in [0.15, 0.2) is 48.5 Å². The lowest BCUT2D eigenvalue weighted by Gasteiger charge is -2.17. The highest BCUT2D eigenvalue weighted by molar-refractivity contribution is 5.89. The average Bonchev–Trinajstić information content (AvgIpc) is 2.62. The molecular formula is C18H18O5. The molecule has 5 nitrogen and oxygen atoms in total. The van der Waals surface area contributed by atoms with Gasteiger partial charge in [0.05, 0.1) is 25.3 Å². The molecule has 0 atom stereocenters. The molecule has 5 heteroatoms. The fourth-order valence-corrected chi connectivity index (χ4v) is 2.29. The van der Waals surface area contributed by atoms with Crippen LogP contribution in [-0.4, -0.2) is 33.3 Å². The van der Waals surface area contributed by atoms with Crippen LogP contribution in [0.3, 0.4) is 0 Å². The maximum Gasteiger partial charge on any atom is 0.337 e. The molecule has 0 amide bonds. The van der Waals surface area contributed by atoms with Crippen molar-refractivity contribution in [2.24, 2.45) is 0 Å². The Bertz CT molecular complexity index is 614. The number of esters is 2. The number of ether oxygens (including phenoxy) is 3. The minimum atomic E-state index is -0.382. The van der Waals surface area contributed by atoms with E-state index in [-0.39, 0.29) is 18.0 Å². The van der Waals surface area contributed by atoms with Gasteiger partial charge in [0.25, 0.3) is 0 Å². The minimum Gasteiger partial charge on any atom is -0.465 e. The summed E-state index contributed by atoms with van der Waals surface area (Å²) in [4.78, 5) is 22.9. The Labute approximate surface area is 134 Å². The van der Waals surface area contributed by atoms with E-state index < -0.39 is 0 Å². The smallest absolute Gasteiger partial charge is 0.337 e. The van der Waals surface area contributed by atoms with Crippen molar-refractivity contribution >= 4 is 11.9 Å². The van der Waals surface area contributed by atoms with Gasteiger partial charge in [-0.1, -0.05) is 24.3 Å². The average molecular weight is 314 g/mol. The second-order valence-electron chi connectivity index (χ2n) is 4.84. The van der Waals surface area contributed by atoms with Crippen molar-refractivity contribution in [3.05, 3.63) is 70.8 Å². The molecule has 0 saturated heterocycles. The molecule has 0 aromatic heterocycles. The van der Waals surface area contributed by atoms with Gasteiger partial charge in [0.15, 0.2) is 0 Å². The van der Waals surface area contributed by atoms with Gasteiger partial charge in [0.1, 0.15) is 6.10 Å². The molecule has 0 aliphatic carbocycles. The number of benzene rings is 2. The van der Waals surface area contributed by atoms with Crippen molar-refractivity contribution in [3.63, 3.8) is 0 Å². The van der Waals surface area contributed by atoms with E-state index in [9.17, 15) is 9.59 Å². The second-order valence-corrected chi connectivity index (χ2v) is 4.84. The molecule has 0 aliphatic heterocycles. The van der Waals surface area contributed by atoms with Crippen molar-refractivity contribution in [3.8, 4) is 0 Å². The maximum atomic E-state index is 11.5. The Kier molecular flexibility index (Phi) is 5.49. The van der Waals surface area contributed by atoms with Crippen LogP contribution >= 0.6 is 0 Å². The van der Waals surface area contributed by atoms with Gasteiger partial charge < -0.3 is 14.2 Å². The van der Waals surface area contributed by atoms with Crippen LogP contribution in [0.2, 0.25) is 0 Å². The molecule has 0 heterocycles. The zero-order valence-corrected chi connectivity index (χ0v) is 13.2. The Morgan fingerprint density at radius 3 is 1.30 bits per heavy atom. The fourth-order valence-electron chi connectivity index (χ4n) is 2.29. The number of hydrogen-bond acceptors (Lipinski definition) is 5. The Morgan fingerprint density at radius 2 is 1.04 bits per heavy atom. The van der Waals surface area contributed by atoms with Crippen molar-refractivity contribution in [1.82, 2.24) is 0 Å². The molecule has 120 valence electrons. The van der Waals surface area contributed by atoms with Gasteiger partial charge in [-0.2, -0.15) is 0 Å². The van der Waals surface area contributed by atoms with E-state index in [2.05, 4.69) is 9.47 Å². The Hall–Kier alpha value is -2.66. The number of methoxy groups -OCH3 is 3. The maximum absolute atomic E-state index is 11.5. The van der Waals surface area contributed by atoms with Crippen LogP contribution in [0.1, 0.15) is 37.9 Å². The lowest BCUT2D eigenvalue weighted by Crippen LogP contribution is -2.06. The third-order valence-corrected chi connectivity index (χ3v) is 3.50. The predicted octanol–water partition coefficient (Wildman–Crippen LogP) is 3.00. The van der Waals surface area contributed by atoms with Crippen LogP contribution in [0.5, 0.6) is 0 Å². The molecular weight excluding hydrogens is 296 g/mol. The molecule has 2 aromatic carbocycles. The van der Waals surface area contributed by atoms with Crippen molar-refractivity contribution in [2.75, 3.05) is 21.3 Å². The summed E-state index contributed by atoms with van der Waals surface area (Å²) in [5, 5.41) is 0. The summed E-state index contributed by atoms with van der Waals surface area (Å²) < 4.78 is 14.9. The van der Waals surface area contributed by atoms with E-state index in [0.717, 1.165) is 11.1 Å². The summed E-state index contributed by atoms with van der Waals surface area (Å²) in [7, 11) is 4.29. The molecule has 23 heavy (non-hydrogen) atoms. The van der Waals surface area contributed by atoms with Gasteiger partial charge in [-0.05, 0) is 35.4 Å². The van der Waals surface area contributed by atoms with Crippen LogP contribution in [-0.2, 0) is 14.2 Å².